The molecule has 0 spiro atoms. The summed E-state index contributed by atoms with van der Waals surface area (Å²) in [6.45, 7) is 16.3. The highest BCUT2D eigenvalue weighted by Gasteiger charge is 2.35. The normalized spacial score (nSPS) is 14.1. The van der Waals surface area contributed by atoms with E-state index < -0.39 is 0 Å². The fourth-order valence-electron chi connectivity index (χ4n) is 6.80. The number of amidine groups is 1. The number of nitrogens with zero attached hydrogens (tertiary/aromatic N) is 3. The van der Waals surface area contributed by atoms with Crippen LogP contribution in [-0.2, 0) is 18.5 Å². The van der Waals surface area contributed by atoms with E-state index in [0.29, 0.717) is 18.9 Å². The Hall–Kier alpha value is -5.67. The molecule has 0 amide bonds. The molecular formula is C47H47N3. The Labute approximate surface area is 298 Å². The molecule has 0 radical (unpaired) electrons. The molecule has 50 heavy (non-hydrogen) atoms. The predicted octanol–water partition coefficient (Wildman–Crippen LogP) is 11.9. The molecule has 0 bridgehead atoms. The summed E-state index contributed by atoms with van der Waals surface area (Å²) in [6, 6.07) is 47.0. The zero-order chi connectivity index (χ0) is 35.0. The molecule has 3 nitrogen and oxygen atoms in total. The summed E-state index contributed by atoms with van der Waals surface area (Å²) in [5, 5.41) is 0. The molecule has 0 atom stereocenters. The summed E-state index contributed by atoms with van der Waals surface area (Å²) in [5.41, 5.74) is 11.0. The van der Waals surface area contributed by atoms with Gasteiger partial charge in [-0.05, 0) is 76.9 Å². The predicted molar refractivity (Wildman–Crippen MR) is 216 cm³/mol. The molecule has 0 N–H and O–H groups in total. The third-order valence-electron chi connectivity index (χ3n) is 9.43. The molecule has 0 heterocycles. The lowest BCUT2D eigenvalue weighted by Gasteiger charge is -2.39. The Balaban J connectivity index is 0.000000240. The third kappa shape index (κ3) is 9.06. The Morgan fingerprint density at radius 3 is 1.80 bits per heavy atom. The molecule has 5 aromatic rings. The van der Waals surface area contributed by atoms with Crippen LogP contribution < -0.4 is 0 Å². The van der Waals surface area contributed by atoms with Crippen molar-refractivity contribution in [1.82, 2.24) is 0 Å². The fourth-order valence-corrected chi connectivity index (χ4v) is 6.80. The quantitative estimate of drug-likeness (QED) is 0.0773. The molecule has 0 aromatic heterocycles. The molecule has 1 saturated carbocycles. The van der Waals surface area contributed by atoms with Crippen molar-refractivity contribution in [3.05, 3.63) is 198 Å². The summed E-state index contributed by atoms with van der Waals surface area (Å²) in [7, 11) is 0. The highest BCUT2D eigenvalue weighted by molar-refractivity contribution is 6.01. The zero-order valence-electron chi connectivity index (χ0n) is 29.1. The Bertz CT molecular complexity index is 1910. The van der Waals surface area contributed by atoms with E-state index >= 15 is 0 Å². The largest absolute Gasteiger partial charge is 0.296 e. The van der Waals surface area contributed by atoms with Gasteiger partial charge >= 0.3 is 0 Å². The van der Waals surface area contributed by atoms with E-state index in [9.17, 15) is 0 Å². The van der Waals surface area contributed by atoms with Gasteiger partial charge in [-0.3, -0.25) is 9.98 Å². The number of aliphatic imine (C=N–C) groups is 3. The molecule has 6 rings (SSSR count). The zero-order valence-corrected chi connectivity index (χ0v) is 29.1. The van der Waals surface area contributed by atoms with Gasteiger partial charge < -0.3 is 0 Å². The van der Waals surface area contributed by atoms with Gasteiger partial charge in [-0.1, -0.05) is 178 Å². The van der Waals surface area contributed by atoms with Crippen LogP contribution in [0.1, 0.15) is 65.5 Å². The van der Waals surface area contributed by atoms with Gasteiger partial charge in [0, 0.05) is 11.0 Å². The van der Waals surface area contributed by atoms with E-state index in [2.05, 4.69) is 126 Å². The number of benzene rings is 5. The van der Waals surface area contributed by atoms with Gasteiger partial charge in [0.15, 0.2) is 5.84 Å². The van der Waals surface area contributed by atoms with Crippen LogP contribution in [0.15, 0.2) is 180 Å². The van der Waals surface area contributed by atoms with E-state index in [-0.39, 0.29) is 5.41 Å². The summed E-state index contributed by atoms with van der Waals surface area (Å²) >= 11 is 0. The molecule has 0 unspecified atom stereocenters. The maximum atomic E-state index is 4.47. The number of rotatable bonds is 11. The molecule has 1 fully saturated rings. The minimum atomic E-state index is 0.0987. The van der Waals surface area contributed by atoms with Crippen molar-refractivity contribution in [2.45, 2.75) is 50.6 Å². The summed E-state index contributed by atoms with van der Waals surface area (Å²) in [6.07, 6.45) is 12.0. The van der Waals surface area contributed by atoms with Gasteiger partial charge in [-0.15, -0.1) is 0 Å². The van der Waals surface area contributed by atoms with Gasteiger partial charge in [0.1, 0.15) is 0 Å². The van der Waals surface area contributed by atoms with Crippen LogP contribution in [0.4, 0.5) is 0 Å². The minimum Gasteiger partial charge on any atom is -0.296 e. The number of hydrogen-bond donors (Lipinski definition) is 0. The minimum absolute atomic E-state index is 0.0987. The molecule has 3 heteroatoms. The third-order valence-corrected chi connectivity index (χ3v) is 9.43. The first-order valence-corrected chi connectivity index (χ1v) is 17.4. The van der Waals surface area contributed by atoms with Gasteiger partial charge in [-0.25, -0.2) is 4.99 Å². The van der Waals surface area contributed by atoms with Crippen molar-refractivity contribution in [2.75, 3.05) is 0 Å². The SMILES string of the molecule is C=C/C=C(\C=C)c1cccc(-c2ccc(C3(c4ccc(CN=C)cc4)CCCCC3)cc2)c1.C=NC(=NCc1ccccc1)c1ccccc1. The molecule has 1 aliphatic rings. The molecule has 0 saturated heterocycles. The summed E-state index contributed by atoms with van der Waals surface area (Å²) in [5.74, 6) is 0.689. The summed E-state index contributed by atoms with van der Waals surface area (Å²) < 4.78 is 0. The van der Waals surface area contributed by atoms with E-state index in [1.165, 1.54) is 65.5 Å². The molecule has 5 aromatic carbocycles. The smallest absolute Gasteiger partial charge is 0.154 e. The van der Waals surface area contributed by atoms with Crippen LogP contribution in [0.25, 0.3) is 16.7 Å². The van der Waals surface area contributed by atoms with Gasteiger partial charge in [-0.2, -0.15) is 0 Å². The lowest BCUT2D eigenvalue weighted by molar-refractivity contribution is 0.346. The van der Waals surface area contributed by atoms with Crippen molar-refractivity contribution in [3.63, 3.8) is 0 Å². The summed E-state index contributed by atoms with van der Waals surface area (Å²) in [4.78, 5) is 12.5. The van der Waals surface area contributed by atoms with Crippen LogP contribution in [0.2, 0.25) is 0 Å². The number of allylic oxidation sites excluding steroid dienone is 4. The fraction of sp³-hybridized carbons (Fsp3) is 0.170. The van der Waals surface area contributed by atoms with Gasteiger partial charge in [0.25, 0.3) is 0 Å². The van der Waals surface area contributed by atoms with Crippen LogP contribution in [-0.4, -0.2) is 19.3 Å². The van der Waals surface area contributed by atoms with Crippen LogP contribution >= 0.6 is 0 Å². The first-order chi connectivity index (χ1) is 24.6. The van der Waals surface area contributed by atoms with Crippen LogP contribution in [0.3, 0.4) is 0 Å². The second kappa shape index (κ2) is 18.2. The van der Waals surface area contributed by atoms with E-state index in [0.717, 1.165) is 16.7 Å². The van der Waals surface area contributed by atoms with Gasteiger partial charge in [0.05, 0.1) is 13.1 Å². The molecule has 0 aliphatic heterocycles. The topological polar surface area (TPSA) is 37.1 Å². The van der Waals surface area contributed by atoms with Crippen molar-refractivity contribution >= 4 is 24.8 Å². The Morgan fingerprint density at radius 2 is 1.20 bits per heavy atom. The second-order valence-corrected chi connectivity index (χ2v) is 12.6. The monoisotopic (exact) mass is 653 g/mol. The molecular weight excluding hydrogens is 607 g/mol. The second-order valence-electron chi connectivity index (χ2n) is 12.6. The van der Waals surface area contributed by atoms with Crippen molar-refractivity contribution < 1.29 is 0 Å². The van der Waals surface area contributed by atoms with Crippen molar-refractivity contribution in [3.8, 4) is 11.1 Å². The lowest BCUT2D eigenvalue weighted by atomic mass is 9.65. The highest BCUT2D eigenvalue weighted by atomic mass is 14.9. The van der Waals surface area contributed by atoms with E-state index in [4.69, 9.17) is 0 Å². The van der Waals surface area contributed by atoms with Crippen molar-refractivity contribution in [1.29, 1.82) is 0 Å². The van der Waals surface area contributed by atoms with Gasteiger partial charge in [0.2, 0.25) is 0 Å². The maximum Gasteiger partial charge on any atom is 0.154 e. The standard InChI is InChI=1S/C32H33N.C15H14N2/c1-4-10-26(5-2)28-11-9-12-29(23-28)27-15-19-31(20-16-27)32(21-7-6-8-22-32)30-17-13-25(14-18-30)24-33-3;1-16-15(14-10-6-3-7-11-14)17-12-13-8-4-2-5-9-13/h4-5,9-20,23H,1-3,6-8,21-22,24H2;2-11H,1,12H2/b26-10+;. The molecule has 1 aliphatic carbocycles. The van der Waals surface area contributed by atoms with Crippen molar-refractivity contribution in [2.24, 2.45) is 15.0 Å². The van der Waals surface area contributed by atoms with Crippen LogP contribution in [0, 0.1) is 0 Å². The van der Waals surface area contributed by atoms with E-state index in [1.807, 2.05) is 66.8 Å². The Kier molecular flexibility index (Phi) is 13.0. The first kappa shape index (κ1) is 35.6. The van der Waals surface area contributed by atoms with E-state index in [1.54, 1.807) is 0 Å². The average molecular weight is 654 g/mol. The first-order valence-electron chi connectivity index (χ1n) is 17.4. The average Bonchev–Trinajstić information content (AvgIpc) is 3.19. The highest BCUT2D eigenvalue weighted by Crippen LogP contribution is 2.45. The maximum absolute atomic E-state index is 4.47. The van der Waals surface area contributed by atoms with Crippen LogP contribution in [0.5, 0.6) is 0 Å². The molecule has 250 valence electrons. The number of hydrogen-bond acceptors (Lipinski definition) is 2. The lowest BCUT2D eigenvalue weighted by Crippen LogP contribution is -2.30. The Morgan fingerprint density at radius 1 is 0.600 bits per heavy atom.